The van der Waals surface area contributed by atoms with Crippen LogP contribution in [0.25, 0.3) is 0 Å². The smallest absolute Gasteiger partial charge is 0.0406 e. The number of benzene rings is 1. The largest absolute Gasteiger partial charge is 0.313 e. The van der Waals surface area contributed by atoms with E-state index in [1.165, 1.54) is 5.56 Å². The quantitative estimate of drug-likeness (QED) is 0.822. The van der Waals surface area contributed by atoms with Crippen molar-refractivity contribution in [2.45, 2.75) is 19.4 Å². The van der Waals surface area contributed by atoms with Crippen LogP contribution in [-0.4, -0.2) is 38.1 Å². The highest BCUT2D eigenvalue weighted by Crippen LogP contribution is 2.11. The molecule has 0 amide bonds. The fraction of sp³-hybridized carbons (Fsp3) is 0.538. The van der Waals surface area contributed by atoms with Crippen LogP contribution in [0.1, 0.15) is 12.5 Å². The van der Waals surface area contributed by atoms with Gasteiger partial charge in [-0.2, -0.15) is 0 Å². The number of likely N-dealkylation sites (N-methyl/N-ethyl adjacent to an activating group) is 2. The Bertz CT molecular complexity index is 295. The highest BCUT2D eigenvalue weighted by Gasteiger charge is 2.09. The summed E-state index contributed by atoms with van der Waals surface area (Å²) in [7, 11) is 4.21. The molecule has 90 valence electrons. The van der Waals surface area contributed by atoms with Crippen molar-refractivity contribution in [3.05, 3.63) is 34.9 Å². The number of nitrogens with zero attached hydrogens (tertiary/aromatic N) is 1. The molecule has 0 aliphatic rings. The molecular formula is C13H21ClN2. The topological polar surface area (TPSA) is 15.3 Å². The average Bonchev–Trinajstić information content (AvgIpc) is 2.21. The summed E-state index contributed by atoms with van der Waals surface area (Å²) in [6.45, 7) is 4.20. The second-order valence-electron chi connectivity index (χ2n) is 4.35. The lowest BCUT2D eigenvalue weighted by molar-refractivity contribution is 0.339. The van der Waals surface area contributed by atoms with Crippen molar-refractivity contribution in [2.24, 2.45) is 0 Å². The van der Waals surface area contributed by atoms with Gasteiger partial charge in [-0.3, -0.25) is 0 Å². The van der Waals surface area contributed by atoms with E-state index in [4.69, 9.17) is 11.6 Å². The van der Waals surface area contributed by atoms with Gasteiger partial charge < -0.3 is 10.2 Å². The first-order valence-corrected chi connectivity index (χ1v) is 6.12. The summed E-state index contributed by atoms with van der Waals surface area (Å²) in [6, 6.07) is 8.61. The minimum absolute atomic E-state index is 0.501. The maximum absolute atomic E-state index is 5.87. The molecule has 0 saturated heterocycles. The first kappa shape index (κ1) is 13.5. The Kier molecular flexibility index (Phi) is 5.81. The zero-order valence-electron chi connectivity index (χ0n) is 10.3. The molecule has 0 spiro atoms. The highest BCUT2D eigenvalue weighted by atomic mass is 35.5. The Labute approximate surface area is 104 Å². The Balaban J connectivity index is 2.56. The molecule has 0 aliphatic carbocycles. The summed E-state index contributed by atoms with van der Waals surface area (Å²) in [5.41, 5.74) is 1.33. The SMILES string of the molecule is CCNC(Cc1ccc(Cl)cc1)CN(C)C. The van der Waals surface area contributed by atoms with Crippen molar-refractivity contribution in [3.8, 4) is 0 Å². The minimum atomic E-state index is 0.501. The molecule has 1 N–H and O–H groups in total. The van der Waals surface area contributed by atoms with Gasteiger partial charge in [-0.25, -0.2) is 0 Å². The monoisotopic (exact) mass is 240 g/mol. The van der Waals surface area contributed by atoms with Gasteiger partial charge in [0.25, 0.3) is 0 Å². The van der Waals surface area contributed by atoms with Crippen LogP contribution in [0.3, 0.4) is 0 Å². The molecule has 1 aromatic carbocycles. The summed E-state index contributed by atoms with van der Waals surface area (Å²) < 4.78 is 0. The average molecular weight is 241 g/mol. The second-order valence-corrected chi connectivity index (χ2v) is 4.78. The summed E-state index contributed by atoms with van der Waals surface area (Å²) in [6.07, 6.45) is 1.04. The van der Waals surface area contributed by atoms with Gasteiger partial charge in [-0.05, 0) is 44.8 Å². The number of hydrogen-bond donors (Lipinski definition) is 1. The summed E-state index contributed by atoms with van der Waals surface area (Å²) in [5.74, 6) is 0. The molecule has 0 aliphatic heterocycles. The zero-order valence-corrected chi connectivity index (χ0v) is 11.1. The summed E-state index contributed by atoms with van der Waals surface area (Å²) >= 11 is 5.87. The first-order chi connectivity index (χ1) is 7.61. The molecule has 2 nitrogen and oxygen atoms in total. The van der Waals surface area contributed by atoms with Gasteiger partial charge in [-0.15, -0.1) is 0 Å². The van der Waals surface area contributed by atoms with Crippen molar-refractivity contribution in [1.29, 1.82) is 0 Å². The number of nitrogens with one attached hydrogen (secondary N) is 1. The van der Waals surface area contributed by atoms with Crippen molar-refractivity contribution in [3.63, 3.8) is 0 Å². The van der Waals surface area contributed by atoms with Crippen molar-refractivity contribution >= 4 is 11.6 Å². The standard InChI is InChI=1S/C13H21ClN2/c1-4-15-13(10-16(2)3)9-11-5-7-12(14)8-6-11/h5-8,13,15H,4,9-10H2,1-3H3. The van der Waals surface area contributed by atoms with Crippen LogP contribution >= 0.6 is 11.6 Å². The second kappa shape index (κ2) is 6.89. The Hall–Kier alpha value is -0.570. The van der Waals surface area contributed by atoms with Gasteiger partial charge in [0.2, 0.25) is 0 Å². The minimum Gasteiger partial charge on any atom is -0.313 e. The number of hydrogen-bond acceptors (Lipinski definition) is 2. The molecule has 1 unspecified atom stereocenters. The molecule has 1 aromatic rings. The molecule has 0 fully saturated rings. The van der Waals surface area contributed by atoms with Gasteiger partial charge in [-0.1, -0.05) is 30.7 Å². The fourth-order valence-corrected chi connectivity index (χ4v) is 1.96. The van der Waals surface area contributed by atoms with Gasteiger partial charge in [0.15, 0.2) is 0 Å². The van der Waals surface area contributed by atoms with Crippen LogP contribution in [0.15, 0.2) is 24.3 Å². The van der Waals surface area contributed by atoms with Crippen LogP contribution in [0.4, 0.5) is 0 Å². The zero-order chi connectivity index (χ0) is 12.0. The lowest BCUT2D eigenvalue weighted by atomic mass is 10.1. The highest BCUT2D eigenvalue weighted by molar-refractivity contribution is 6.30. The van der Waals surface area contributed by atoms with E-state index < -0.39 is 0 Å². The summed E-state index contributed by atoms with van der Waals surface area (Å²) in [5, 5.41) is 4.30. The molecule has 0 saturated carbocycles. The first-order valence-electron chi connectivity index (χ1n) is 5.74. The third-order valence-electron chi connectivity index (χ3n) is 2.47. The molecule has 3 heteroatoms. The van der Waals surface area contributed by atoms with E-state index in [1.807, 2.05) is 12.1 Å². The number of halogens is 1. The van der Waals surface area contributed by atoms with Gasteiger partial charge in [0.05, 0.1) is 0 Å². The van der Waals surface area contributed by atoms with E-state index in [1.54, 1.807) is 0 Å². The Morgan fingerprint density at radius 1 is 1.25 bits per heavy atom. The Morgan fingerprint density at radius 2 is 1.88 bits per heavy atom. The van der Waals surface area contributed by atoms with E-state index in [-0.39, 0.29) is 0 Å². The van der Waals surface area contributed by atoms with E-state index in [2.05, 4.69) is 43.4 Å². The maximum atomic E-state index is 5.87. The van der Waals surface area contributed by atoms with Crippen LogP contribution in [0.2, 0.25) is 5.02 Å². The van der Waals surface area contributed by atoms with E-state index in [0.29, 0.717) is 6.04 Å². The lowest BCUT2D eigenvalue weighted by Crippen LogP contribution is -2.39. The van der Waals surface area contributed by atoms with Crippen molar-refractivity contribution in [2.75, 3.05) is 27.2 Å². The van der Waals surface area contributed by atoms with E-state index in [0.717, 1.165) is 24.5 Å². The van der Waals surface area contributed by atoms with Gasteiger partial charge in [0, 0.05) is 17.6 Å². The van der Waals surface area contributed by atoms with Crippen LogP contribution in [0, 0.1) is 0 Å². The van der Waals surface area contributed by atoms with Crippen molar-refractivity contribution < 1.29 is 0 Å². The fourth-order valence-electron chi connectivity index (χ4n) is 1.84. The molecule has 0 heterocycles. The molecule has 0 aromatic heterocycles. The van der Waals surface area contributed by atoms with Crippen LogP contribution < -0.4 is 5.32 Å². The Morgan fingerprint density at radius 3 is 2.38 bits per heavy atom. The van der Waals surface area contributed by atoms with Crippen LogP contribution in [0.5, 0.6) is 0 Å². The maximum Gasteiger partial charge on any atom is 0.0406 e. The number of rotatable bonds is 6. The normalized spacial score (nSPS) is 13.1. The van der Waals surface area contributed by atoms with Gasteiger partial charge >= 0.3 is 0 Å². The molecular weight excluding hydrogens is 220 g/mol. The predicted octanol–water partition coefficient (Wildman–Crippen LogP) is 2.42. The third kappa shape index (κ3) is 4.97. The molecule has 0 radical (unpaired) electrons. The van der Waals surface area contributed by atoms with Crippen molar-refractivity contribution in [1.82, 2.24) is 10.2 Å². The van der Waals surface area contributed by atoms with E-state index >= 15 is 0 Å². The lowest BCUT2D eigenvalue weighted by Gasteiger charge is -2.21. The molecule has 1 atom stereocenters. The van der Waals surface area contributed by atoms with Gasteiger partial charge in [0.1, 0.15) is 0 Å². The molecule has 16 heavy (non-hydrogen) atoms. The summed E-state index contributed by atoms with van der Waals surface area (Å²) in [4.78, 5) is 2.21. The molecule has 1 rings (SSSR count). The van der Waals surface area contributed by atoms with Crippen LogP contribution in [-0.2, 0) is 6.42 Å². The molecule has 0 bridgehead atoms. The third-order valence-corrected chi connectivity index (χ3v) is 2.73. The predicted molar refractivity (Wildman–Crippen MR) is 71.2 cm³/mol. The van der Waals surface area contributed by atoms with E-state index in [9.17, 15) is 0 Å².